The highest BCUT2D eigenvalue weighted by atomic mass is 14.9. The van der Waals surface area contributed by atoms with Gasteiger partial charge in [-0.05, 0) is 30.9 Å². The minimum absolute atomic E-state index is 0.315. The molecule has 1 aromatic rings. The lowest BCUT2D eigenvalue weighted by Gasteiger charge is -2.06. The molecule has 0 radical (unpaired) electrons. The van der Waals surface area contributed by atoms with Crippen LogP contribution in [0.5, 0.6) is 0 Å². The van der Waals surface area contributed by atoms with Gasteiger partial charge in [-0.3, -0.25) is 0 Å². The maximum atomic E-state index is 5.96. The van der Waals surface area contributed by atoms with Gasteiger partial charge in [-0.15, -0.1) is 0 Å². The minimum atomic E-state index is 0.315. The van der Waals surface area contributed by atoms with Crippen molar-refractivity contribution in [2.45, 2.75) is 71.4 Å². The molecule has 0 bridgehead atoms. The third kappa shape index (κ3) is 5.92. The first kappa shape index (κ1) is 14.3. The standard InChI is InChI=1S/C15H28N2/c1-3-5-6-7-8-10-17-11-9-14(13-17)12-15(16)4-2/h9,11,13,15H,3-8,10,12,16H2,1-2H3. The largest absolute Gasteiger partial charge is 0.354 e. The molecule has 0 spiro atoms. The van der Waals surface area contributed by atoms with Crippen molar-refractivity contribution in [3.8, 4) is 0 Å². The first-order valence-corrected chi connectivity index (χ1v) is 7.16. The Morgan fingerprint density at radius 2 is 1.94 bits per heavy atom. The highest BCUT2D eigenvalue weighted by molar-refractivity contribution is 5.11. The Balaban J connectivity index is 2.21. The molecule has 0 aromatic carbocycles. The summed E-state index contributed by atoms with van der Waals surface area (Å²) in [6, 6.07) is 2.53. The summed E-state index contributed by atoms with van der Waals surface area (Å²) in [5.74, 6) is 0. The van der Waals surface area contributed by atoms with Crippen molar-refractivity contribution in [2.24, 2.45) is 5.73 Å². The quantitative estimate of drug-likeness (QED) is 0.651. The van der Waals surface area contributed by atoms with Gasteiger partial charge >= 0.3 is 0 Å². The van der Waals surface area contributed by atoms with Gasteiger partial charge in [-0.1, -0.05) is 39.5 Å². The van der Waals surface area contributed by atoms with Crippen LogP contribution in [0.2, 0.25) is 0 Å². The van der Waals surface area contributed by atoms with E-state index in [1.807, 2.05) is 0 Å². The van der Waals surface area contributed by atoms with E-state index >= 15 is 0 Å². The molecular weight excluding hydrogens is 208 g/mol. The molecule has 2 heteroatoms. The molecule has 0 saturated heterocycles. The van der Waals surface area contributed by atoms with E-state index < -0.39 is 0 Å². The van der Waals surface area contributed by atoms with Crippen LogP contribution in [-0.2, 0) is 13.0 Å². The third-order valence-electron chi connectivity index (χ3n) is 3.35. The number of hydrogen-bond donors (Lipinski definition) is 1. The van der Waals surface area contributed by atoms with E-state index in [9.17, 15) is 0 Å². The molecule has 2 N–H and O–H groups in total. The Hall–Kier alpha value is -0.760. The molecular formula is C15H28N2. The normalized spacial score (nSPS) is 12.9. The van der Waals surface area contributed by atoms with E-state index in [-0.39, 0.29) is 0 Å². The average Bonchev–Trinajstić information content (AvgIpc) is 2.76. The average molecular weight is 236 g/mol. The van der Waals surface area contributed by atoms with Gasteiger partial charge in [0.2, 0.25) is 0 Å². The maximum Gasteiger partial charge on any atom is 0.0219 e. The number of unbranched alkanes of at least 4 members (excludes halogenated alkanes) is 4. The first-order valence-electron chi connectivity index (χ1n) is 7.16. The van der Waals surface area contributed by atoms with Crippen LogP contribution in [0.4, 0.5) is 0 Å². The molecule has 0 amide bonds. The Labute approximate surface area is 106 Å². The van der Waals surface area contributed by atoms with Gasteiger partial charge in [0.05, 0.1) is 0 Å². The highest BCUT2D eigenvalue weighted by Crippen LogP contribution is 2.08. The van der Waals surface area contributed by atoms with E-state index in [1.165, 1.54) is 37.7 Å². The molecule has 1 aromatic heterocycles. The Bertz CT molecular complexity index is 291. The summed E-state index contributed by atoms with van der Waals surface area (Å²) in [6.45, 7) is 5.57. The van der Waals surface area contributed by atoms with E-state index in [0.717, 1.165) is 19.4 Å². The van der Waals surface area contributed by atoms with E-state index in [1.54, 1.807) is 0 Å². The predicted octanol–water partition coefficient (Wildman–Crippen LogP) is 3.74. The molecule has 2 nitrogen and oxygen atoms in total. The fraction of sp³-hybridized carbons (Fsp3) is 0.733. The van der Waals surface area contributed by atoms with Crippen molar-refractivity contribution in [3.63, 3.8) is 0 Å². The lowest BCUT2D eigenvalue weighted by atomic mass is 10.1. The van der Waals surface area contributed by atoms with Crippen molar-refractivity contribution in [2.75, 3.05) is 0 Å². The number of hydrogen-bond acceptors (Lipinski definition) is 1. The molecule has 1 unspecified atom stereocenters. The SMILES string of the molecule is CCCCCCCn1ccc(CC(N)CC)c1. The Morgan fingerprint density at radius 1 is 1.18 bits per heavy atom. The first-order chi connectivity index (χ1) is 8.26. The molecule has 0 aliphatic rings. The third-order valence-corrected chi connectivity index (χ3v) is 3.35. The second-order valence-corrected chi connectivity index (χ2v) is 5.04. The second kappa shape index (κ2) is 8.35. The van der Waals surface area contributed by atoms with Crippen LogP contribution in [0.3, 0.4) is 0 Å². The molecule has 1 heterocycles. The number of aromatic nitrogens is 1. The van der Waals surface area contributed by atoms with Crippen molar-refractivity contribution in [1.82, 2.24) is 4.57 Å². The van der Waals surface area contributed by atoms with Gasteiger partial charge in [0.15, 0.2) is 0 Å². The summed E-state index contributed by atoms with van der Waals surface area (Å²) in [5, 5.41) is 0. The van der Waals surface area contributed by atoms with Crippen molar-refractivity contribution in [1.29, 1.82) is 0 Å². The number of nitrogens with zero attached hydrogens (tertiary/aromatic N) is 1. The summed E-state index contributed by atoms with van der Waals surface area (Å²) in [5.41, 5.74) is 7.34. The van der Waals surface area contributed by atoms with Crippen LogP contribution in [0.25, 0.3) is 0 Å². The Kier molecular flexibility index (Phi) is 7.02. The lowest BCUT2D eigenvalue weighted by Crippen LogP contribution is -2.21. The summed E-state index contributed by atoms with van der Waals surface area (Å²) in [4.78, 5) is 0. The van der Waals surface area contributed by atoms with Crippen LogP contribution in [-0.4, -0.2) is 10.6 Å². The predicted molar refractivity (Wildman–Crippen MR) is 75.2 cm³/mol. The molecule has 1 atom stereocenters. The minimum Gasteiger partial charge on any atom is -0.354 e. The summed E-state index contributed by atoms with van der Waals surface area (Å²) >= 11 is 0. The van der Waals surface area contributed by atoms with Gasteiger partial charge in [-0.25, -0.2) is 0 Å². The lowest BCUT2D eigenvalue weighted by molar-refractivity contribution is 0.568. The van der Waals surface area contributed by atoms with Gasteiger partial charge < -0.3 is 10.3 Å². The molecule has 0 aliphatic carbocycles. The molecule has 17 heavy (non-hydrogen) atoms. The summed E-state index contributed by atoms with van der Waals surface area (Å²) in [6.07, 6.45) is 13.3. The van der Waals surface area contributed by atoms with Gasteiger partial charge in [0.1, 0.15) is 0 Å². The van der Waals surface area contributed by atoms with Crippen LogP contribution in [0, 0.1) is 0 Å². The van der Waals surface area contributed by atoms with Crippen LogP contribution < -0.4 is 5.73 Å². The van der Waals surface area contributed by atoms with Crippen LogP contribution >= 0.6 is 0 Å². The Morgan fingerprint density at radius 3 is 2.65 bits per heavy atom. The fourth-order valence-electron chi connectivity index (χ4n) is 2.10. The molecule has 1 rings (SSSR count). The van der Waals surface area contributed by atoms with Crippen molar-refractivity contribution < 1.29 is 0 Å². The maximum absolute atomic E-state index is 5.96. The number of rotatable bonds is 9. The summed E-state index contributed by atoms with van der Waals surface area (Å²) in [7, 11) is 0. The van der Waals surface area contributed by atoms with E-state index in [2.05, 4.69) is 36.9 Å². The smallest absolute Gasteiger partial charge is 0.0219 e. The monoisotopic (exact) mass is 236 g/mol. The topological polar surface area (TPSA) is 30.9 Å². The zero-order valence-corrected chi connectivity index (χ0v) is 11.5. The number of aryl methyl sites for hydroxylation is 1. The molecule has 0 aliphatic heterocycles. The van der Waals surface area contributed by atoms with E-state index in [0.29, 0.717) is 6.04 Å². The molecule has 0 saturated carbocycles. The van der Waals surface area contributed by atoms with Gasteiger partial charge in [0, 0.05) is 25.0 Å². The number of nitrogens with two attached hydrogens (primary N) is 1. The highest BCUT2D eigenvalue weighted by Gasteiger charge is 2.02. The molecule has 98 valence electrons. The molecule has 0 fully saturated rings. The zero-order valence-electron chi connectivity index (χ0n) is 11.5. The second-order valence-electron chi connectivity index (χ2n) is 5.04. The van der Waals surface area contributed by atoms with Crippen molar-refractivity contribution in [3.05, 3.63) is 24.0 Å². The van der Waals surface area contributed by atoms with Crippen LogP contribution in [0.15, 0.2) is 18.5 Å². The zero-order chi connectivity index (χ0) is 12.5. The van der Waals surface area contributed by atoms with Gasteiger partial charge in [0.25, 0.3) is 0 Å². The van der Waals surface area contributed by atoms with E-state index in [4.69, 9.17) is 5.73 Å². The van der Waals surface area contributed by atoms with Crippen molar-refractivity contribution >= 4 is 0 Å². The fourth-order valence-corrected chi connectivity index (χ4v) is 2.10. The summed E-state index contributed by atoms with van der Waals surface area (Å²) < 4.78 is 2.31. The van der Waals surface area contributed by atoms with Gasteiger partial charge in [-0.2, -0.15) is 0 Å². The van der Waals surface area contributed by atoms with Crippen LogP contribution in [0.1, 0.15) is 57.9 Å².